The molecule has 7 aromatic rings. The van der Waals surface area contributed by atoms with Crippen LogP contribution in [-0.4, -0.2) is 49.9 Å². The van der Waals surface area contributed by atoms with E-state index in [1.807, 2.05) is 37.3 Å². The molecule has 2 aliphatic heterocycles. The summed E-state index contributed by atoms with van der Waals surface area (Å²) in [7, 11) is 1.61. The average molecular weight is 918 g/mol. The molecule has 0 spiro atoms. The third-order valence-corrected chi connectivity index (χ3v) is 15.2. The summed E-state index contributed by atoms with van der Waals surface area (Å²) in [5, 5.41) is 17.7. The number of aromatic hydroxyl groups is 1. The first kappa shape index (κ1) is 41.0. The quantitative estimate of drug-likeness (QED) is 0.127. The van der Waals surface area contributed by atoms with Crippen molar-refractivity contribution in [1.82, 2.24) is 14.8 Å². The minimum atomic E-state index is -5.08. The molecular formula is C48H35ClF3N5O7S. The van der Waals surface area contributed by atoms with Crippen LogP contribution in [0.3, 0.4) is 0 Å². The van der Waals surface area contributed by atoms with E-state index in [2.05, 4.69) is 9.72 Å². The van der Waals surface area contributed by atoms with Crippen molar-refractivity contribution in [2.45, 2.75) is 39.0 Å². The number of alkyl halides is 3. The highest BCUT2D eigenvalue weighted by Gasteiger charge is 2.68. The number of carbonyl (C=O) groups is 4. The normalized spacial score (nSPS) is 24.2. The molecule has 2 aliphatic carbocycles. The maximum Gasteiger partial charge on any atom is 0.573 e. The van der Waals surface area contributed by atoms with Crippen molar-refractivity contribution in [3.63, 3.8) is 0 Å². The fraction of sp³-hybridized carbons (Fsp3) is 0.250. The van der Waals surface area contributed by atoms with Crippen LogP contribution in [0.1, 0.15) is 36.8 Å². The Bertz CT molecular complexity index is 3220. The van der Waals surface area contributed by atoms with Crippen LogP contribution in [0.5, 0.6) is 11.5 Å². The van der Waals surface area contributed by atoms with Gasteiger partial charge < -0.3 is 14.3 Å². The molecule has 1 saturated carbocycles. The molecule has 6 atom stereocenters. The number of anilines is 2. The maximum absolute atomic E-state index is 15.3. The van der Waals surface area contributed by atoms with Crippen LogP contribution < -0.4 is 14.5 Å². The molecule has 3 fully saturated rings. The van der Waals surface area contributed by atoms with Crippen LogP contribution in [0.25, 0.3) is 43.2 Å². The number of fused-ring (bicyclic) bond motifs is 6. The molecule has 17 heteroatoms. The number of phenolic OH excluding ortho intramolecular Hbond substituents is 1. The number of hydrogen-bond donors (Lipinski definition) is 1. The van der Waals surface area contributed by atoms with Gasteiger partial charge in [0.25, 0.3) is 0 Å². The van der Waals surface area contributed by atoms with Crippen molar-refractivity contribution in [3.8, 4) is 33.5 Å². The third-order valence-electron chi connectivity index (χ3n) is 13.7. The second-order valence-electron chi connectivity index (χ2n) is 17.2. The summed E-state index contributed by atoms with van der Waals surface area (Å²) in [4.78, 5) is 66.9. The van der Waals surface area contributed by atoms with Crippen molar-refractivity contribution >= 4 is 79.3 Å². The highest BCUT2D eigenvalue weighted by molar-refractivity contribution is 7.22. The first-order valence-corrected chi connectivity index (χ1v) is 21.9. The molecule has 3 aromatic heterocycles. The number of para-hydroxylation sites is 2. The molecule has 4 aromatic carbocycles. The Kier molecular flexibility index (Phi) is 9.05. The number of ether oxygens (including phenoxy) is 1. The van der Waals surface area contributed by atoms with Crippen LogP contribution in [0.2, 0.25) is 5.02 Å². The van der Waals surface area contributed by atoms with E-state index in [0.717, 1.165) is 48.5 Å². The third kappa shape index (κ3) is 6.17. The minimum absolute atomic E-state index is 0.0367. The van der Waals surface area contributed by atoms with Crippen LogP contribution in [0.15, 0.2) is 107 Å². The first-order valence-electron chi connectivity index (χ1n) is 20.8. The molecular weight excluding hydrogens is 883 g/mol. The number of nitrogens with zero attached hydrogens (tertiary/aromatic N) is 5. The lowest BCUT2D eigenvalue weighted by molar-refractivity contribution is -0.274. The largest absolute Gasteiger partial charge is 0.573 e. The number of aromatic nitrogens is 3. The number of carbonyl (C=O) groups excluding carboxylic acids is 4. The van der Waals surface area contributed by atoms with E-state index in [0.29, 0.717) is 44.5 Å². The van der Waals surface area contributed by atoms with Gasteiger partial charge in [0.15, 0.2) is 5.58 Å². The van der Waals surface area contributed by atoms with E-state index in [1.165, 1.54) is 16.0 Å². The molecule has 4 amide bonds. The summed E-state index contributed by atoms with van der Waals surface area (Å²) in [5.74, 6) is -7.83. The van der Waals surface area contributed by atoms with Gasteiger partial charge in [0.1, 0.15) is 28.5 Å². The number of imide groups is 2. The van der Waals surface area contributed by atoms with Crippen molar-refractivity contribution < 1.29 is 46.6 Å². The molecule has 65 heavy (non-hydrogen) atoms. The average Bonchev–Trinajstić information content (AvgIpc) is 4.05. The molecule has 0 bridgehead atoms. The number of rotatable bonds is 6. The van der Waals surface area contributed by atoms with E-state index < -0.39 is 76.5 Å². The minimum Gasteiger partial charge on any atom is -0.508 e. The molecule has 0 radical (unpaired) electrons. The summed E-state index contributed by atoms with van der Waals surface area (Å²) in [6.45, 7) is 3.51. The molecule has 12 nitrogen and oxygen atoms in total. The lowest BCUT2D eigenvalue weighted by Gasteiger charge is -2.49. The molecule has 1 N–H and O–H groups in total. The second-order valence-corrected chi connectivity index (χ2v) is 18.7. The Morgan fingerprint density at radius 2 is 1.69 bits per heavy atom. The van der Waals surface area contributed by atoms with Gasteiger partial charge in [0, 0.05) is 39.9 Å². The molecule has 11 rings (SSSR count). The van der Waals surface area contributed by atoms with Gasteiger partial charge in [-0.05, 0) is 116 Å². The second kappa shape index (κ2) is 14.4. The highest BCUT2D eigenvalue weighted by atomic mass is 35.5. The predicted octanol–water partition coefficient (Wildman–Crippen LogP) is 10.1. The number of amides is 4. The van der Waals surface area contributed by atoms with Gasteiger partial charge in [0.2, 0.25) is 29.5 Å². The zero-order valence-electron chi connectivity index (χ0n) is 34.6. The summed E-state index contributed by atoms with van der Waals surface area (Å²) in [5.41, 5.74) is 2.28. The standard InChI is InChI=1S/C48H35ClF3N5O7S/c1-22-29-18-24(49)10-17-37(29)65-41(22)34-21-38(55(3)54-34)57-44(60)32-20-30-27(40(47(32,2)46(57)62)31-19-26(13-16-35(31)58)64-48(50,51)52)14-15-28-39(30)45(61)56(43(28)59)25-11-8-23(9-12-25)42-53-33-6-4-5-7-36(33)63-42/h4-14,16-19,21,28,30,32,39-40,58H,15,20H2,1-3H3/t28-,30+,32-,39-,40+,47+/m0/s1. The van der Waals surface area contributed by atoms with E-state index in [4.69, 9.17) is 21.1 Å². The zero-order valence-corrected chi connectivity index (χ0v) is 36.2. The number of allylic oxidation sites excluding steroid dienone is 2. The van der Waals surface area contributed by atoms with Gasteiger partial charge >= 0.3 is 6.36 Å². The summed E-state index contributed by atoms with van der Waals surface area (Å²) in [6.07, 6.45) is -3.31. The Morgan fingerprint density at radius 1 is 0.923 bits per heavy atom. The molecule has 4 aliphatic rings. The topological polar surface area (TPSA) is 148 Å². The van der Waals surface area contributed by atoms with Gasteiger partial charge in [-0.2, -0.15) is 5.10 Å². The van der Waals surface area contributed by atoms with E-state index in [-0.39, 0.29) is 24.2 Å². The molecule has 0 unspecified atom stereocenters. The van der Waals surface area contributed by atoms with Gasteiger partial charge in [-0.3, -0.25) is 28.8 Å². The number of oxazole rings is 1. The monoisotopic (exact) mass is 917 g/mol. The van der Waals surface area contributed by atoms with E-state index in [1.54, 1.807) is 62.5 Å². The smallest absolute Gasteiger partial charge is 0.508 e. The van der Waals surface area contributed by atoms with Gasteiger partial charge in [-0.1, -0.05) is 35.4 Å². The Hall–Kier alpha value is -6.78. The van der Waals surface area contributed by atoms with Crippen LogP contribution in [0, 0.1) is 36.0 Å². The first-order chi connectivity index (χ1) is 31.0. The van der Waals surface area contributed by atoms with Crippen molar-refractivity contribution in [1.29, 1.82) is 0 Å². The number of hydrogen-bond acceptors (Lipinski definition) is 10. The summed E-state index contributed by atoms with van der Waals surface area (Å²) >= 11 is 7.79. The fourth-order valence-corrected chi connectivity index (χ4v) is 12.1. The Morgan fingerprint density at radius 3 is 2.45 bits per heavy atom. The number of benzene rings is 4. The Balaban J connectivity index is 0.988. The number of thiophene rings is 1. The fourth-order valence-electron chi connectivity index (χ4n) is 10.8. The maximum atomic E-state index is 15.3. The lowest BCUT2D eigenvalue weighted by atomic mass is 9.51. The van der Waals surface area contributed by atoms with Gasteiger partial charge in [-0.15, -0.1) is 24.5 Å². The highest BCUT2D eigenvalue weighted by Crippen LogP contribution is 2.65. The van der Waals surface area contributed by atoms with Crippen LogP contribution >= 0.6 is 22.9 Å². The summed E-state index contributed by atoms with van der Waals surface area (Å²) < 4.78 is 53.6. The van der Waals surface area contributed by atoms with Crippen molar-refractivity contribution in [2.75, 3.05) is 9.80 Å². The van der Waals surface area contributed by atoms with Crippen molar-refractivity contribution in [3.05, 3.63) is 119 Å². The Labute approximate surface area is 376 Å². The number of phenols is 1. The number of aryl methyl sites for hydroxylation is 2. The van der Waals surface area contributed by atoms with Gasteiger partial charge in [0.05, 0.1) is 33.7 Å². The SMILES string of the molecule is Cc1c(-c2cc(N3C(=O)[C@@H]4C[C@@H]5C(=CC[C@@H]6C(=O)N(c7ccc(-c8nc9ccccc9o8)cc7)C(=O)[C@@H]65)[C@H](c5cc(OC(F)(F)F)ccc5O)[C@]4(C)C3=O)n(C)n2)sc2ccc(Cl)cc12. The molecule has 5 heterocycles. The van der Waals surface area contributed by atoms with E-state index in [9.17, 15) is 27.9 Å². The predicted molar refractivity (Wildman–Crippen MR) is 235 cm³/mol. The summed E-state index contributed by atoms with van der Waals surface area (Å²) in [6, 6.07) is 24.2. The van der Waals surface area contributed by atoms with Gasteiger partial charge in [-0.25, -0.2) is 9.88 Å². The lowest BCUT2D eigenvalue weighted by Crippen LogP contribution is -2.49. The number of halogens is 4. The molecule has 2 saturated heterocycles. The zero-order chi connectivity index (χ0) is 45.4. The van der Waals surface area contributed by atoms with E-state index >= 15 is 9.59 Å². The van der Waals surface area contributed by atoms with Crippen molar-refractivity contribution in [2.24, 2.45) is 36.1 Å². The van der Waals surface area contributed by atoms with Crippen LogP contribution in [0.4, 0.5) is 24.7 Å². The molecule has 328 valence electrons. The van der Waals surface area contributed by atoms with Crippen LogP contribution in [-0.2, 0) is 26.2 Å².